The zero-order chi connectivity index (χ0) is 19.3. The Morgan fingerprint density at radius 1 is 0.815 bits per heavy atom. The molecule has 2 rings (SSSR count). The molecule has 27 heavy (non-hydrogen) atoms. The standard InChI is InChI=1S/C25H42O2/c1-2-3-7-10-21-13-17-23(18-14-21)24-19-15-22(16-20-24)11-8-5-4-6-9-12-25(26)27/h4,6,9,12,21-24H,2-3,5,7-8,10-11,13-20H2,1H3,(H,26,27)/b6-4+,12-9+. The quantitative estimate of drug-likeness (QED) is 0.230. The fourth-order valence-electron chi connectivity index (χ4n) is 5.42. The summed E-state index contributed by atoms with van der Waals surface area (Å²) in [5.74, 6) is 3.18. The minimum Gasteiger partial charge on any atom is -0.478 e. The van der Waals surface area contributed by atoms with E-state index in [1.54, 1.807) is 6.08 Å². The fraction of sp³-hybridized carbons (Fsp3) is 0.800. The Morgan fingerprint density at radius 2 is 1.37 bits per heavy atom. The van der Waals surface area contributed by atoms with Gasteiger partial charge in [-0.25, -0.2) is 4.79 Å². The molecule has 0 radical (unpaired) electrons. The minimum absolute atomic E-state index is 0.874. The first-order chi connectivity index (χ1) is 13.2. The van der Waals surface area contributed by atoms with Gasteiger partial charge in [-0.1, -0.05) is 82.9 Å². The van der Waals surface area contributed by atoms with E-state index >= 15 is 0 Å². The Balaban J connectivity index is 1.53. The first-order valence-electron chi connectivity index (χ1n) is 11.7. The van der Waals surface area contributed by atoms with Gasteiger partial charge in [0.2, 0.25) is 0 Å². The summed E-state index contributed by atoms with van der Waals surface area (Å²) in [5.41, 5.74) is 0. The molecule has 1 N–H and O–H groups in total. The molecule has 0 aliphatic heterocycles. The summed E-state index contributed by atoms with van der Waals surface area (Å²) in [5, 5.41) is 8.54. The van der Waals surface area contributed by atoms with Crippen molar-refractivity contribution in [2.24, 2.45) is 23.7 Å². The van der Waals surface area contributed by atoms with Crippen molar-refractivity contribution in [3.8, 4) is 0 Å². The van der Waals surface area contributed by atoms with Crippen LogP contribution in [0.3, 0.4) is 0 Å². The summed E-state index contributed by atoms with van der Waals surface area (Å²) in [6.45, 7) is 2.31. The number of carboxylic acid groups (broad SMARTS) is 1. The van der Waals surface area contributed by atoms with Crippen LogP contribution in [0.1, 0.15) is 103 Å². The summed E-state index contributed by atoms with van der Waals surface area (Å²) in [4.78, 5) is 10.4. The first kappa shape index (κ1) is 22.2. The van der Waals surface area contributed by atoms with Gasteiger partial charge in [-0.2, -0.15) is 0 Å². The highest BCUT2D eigenvalue weighted by Gasteiger charge is 2.30. The van der Waals surface area contributed by atoms with Crippen molar-refractivity contribution in [2.75, 3.05) is 0 Å². The first-order valence-corrected chi connectivity index (χ1v) is 11.7. The van der Waals surface area contributed by atoms with Crippen molar-refractivity contribution in [1.29, 1.82) is 0 Å². The Bertz CT molecular complexity index is 449. The third kappa shape index (κ3) is 9.12. The molecule has 2 aliphatic rings. The molecule has 2 saturated carbocycles. The second kappa shape index (κ2) is 13.2. The normalized spacial score (nSPS) is 29.5. The number of allylic oxidation sites excluding steroid dienone is 3. The summed E-state index contributed by atoms with van der Waals surface area (Å²) in [7, 11) is 0. The average molecular weight is 375 g/mol. The van der Waals surface area contributed by atoms with Gasteiger partial charge >= 0.3 is 5.97 Å². The maximum absolute atomic E-state index is 10.4. The number of carboxylic acids is 1. The Morgan fingerprint density at radius 3 is 1.89 bits per heavy atom. The summed E-state index contributed by atoms with van der Waals surface area (Å²) < 4.78 is 0. The topological polar surface area (TPSA) is 37.3 Å². The van der Waals surface area contributed by atoms with E-state index in [0.717, 1.165) is 30.1 Å². The molecule has 0 aromatic rings. The van der Waals surface area contributed by atoms with Gasteiger partial charge in [0, 0.05) is 6.08 Å². The number of carbonyl (C=O) groups is 1. The van der Waals surface area contributed by atoms with Crippen LogP contribution in [0, 0.1) is 23.7 Å². The molecule has 0 unspecified atom stereocenters. The van der Waals surface area contributed by atoms with Gasteiger partial charge in [-0.15, -0.1) is 0 Å². The predicted octanol–water partition coefficient (Wildman–Crippen LogP) is 7.55. The molecular weight excluding hydrogens is 332 g/mol. The lowest BCUT2D eigenvalue weighted by molar-refractivity contribution is -0.131. The highest BCUT2D eigenvalue weighted by Crippen LogP contribution is 2.43. The lowest BCUT2D eigenvalue weighted by Crippen LogP contribution is -2.25. The third-order valence-corrected chi connectivity index (χ3v) is 7.13. The molecule has 0 saturated heterocycles. The van der Waals surface area contributed by atoms with E-state index in [-0.39, 0.29) is 0 Å². The summed E-state index contributed by atoms with van der Waals surface area (Å²) in [6, 6.07) is 0. The van der Waals surface area contributed by atoms with Crippen molar-refractivity contribution in [2.45, 2.75) is 103 Å². The van der Waals surface area contributed by atoms with Crippen LogP contribution in [0.4, 0.5) is 0 Å². The van der Waals surface area contributed by atoms with Gasteiger partial charge in [0.1, 0.15) is 0 Å². The predicted molar refractivity (Wildman–Crippen MR) is 115 cm³/mol. The Hall–Kier alpha value is -1.05. The number of hydrogen-bond donors (Lipinski definition) is 1. The molecule has 2 heteroatoms. The third-order valence-electron chi connectivity index (χ3n) is 7.13. The van der Waals surface area contributed by atoms with Crippen molar-refractivity contribution >= 4 is 5.97 Å². The van der Waals surface area contributed by atoms with Gasteiger partial charge < -0.3 is 5.11 Å². The Labute approximate surface area is 167 Å². The molecule has 0 heterocycles. The number of aliphatic carboxylic acids is 1. The molecule has 2 fully saturated rings. The van der Waals surface area contributed by atoms with Crippen molar-refractivity contribution in [3.05, 3.63) is 24.3 Å². The highest BCUT2D eigenvalue weighted by molar-refractivity contribution is 5.80. The summed E-state index contributed by atoms with van der Waals surface area (Å²) in [6.07, 6.45) is 28.1. The fourth-order valence-corrected chi connectivity index (χ4v) is 5.42. The largest absolute Gasteiger partial charge is 0.478 e. The van der Waals surface area contributed by atoms with Gasteiger partial charge in [0.05, 0.1) is 0 Å². The smallest absolute Gasteiger partial charge is 0.328 e. The zero-order valence-corrected chi connectivity index (χ0v) is 17.6. The van der Waals surface area contributed by atoms with E-state index in [1.165, 1.54) is 96.0 Å². The molecule has 0 bridgehead atoms. The molecular formula is C25H42O2. The van der Waals surface area contributed by atoms with Crippen LogP contribution in [0.25, 0.3) is 0 Å². The zero-order valence-electron chi connectivity index (χ0n) is 17.6. The molecule has 2 aliphatic carbocycles. The van der Waals surface area contributed by atoms with Crippen molar-refractivity contribution in [3.63, 3.8) is 0 Å². The van der Waals surface area contributed by atoms with Crippen molar-refractivity contribution in [1.82, 2.24) is 0 Å². The maximum Gasteiger partial charge on any atom is 0.328 e. The van der Waals surface area contributed by atoms with Crippen LogP contribution in [-0.4, -0.2) is 11.1 Å². The minimum atomic E-state index is -0.874. The van der Waals surface area contributed by atoms with Gasteiger partial charge in [-0.05, 0) is 62.2 Å². The molecule has 0 spiro atoms. The molecule has 0 aromatic heterocycles. The summed E-state index contributed by atoms with van der Waals surface area (Å²) >= 11 is 0. The van der Waals surface area contributed by atoms with E-state index in [0.29, 0.717) is 0 Å². The van der Waals surface area contributed by atoms with Crippen LogP contribution in [0.5, 0.6) is 0 Å². The molecule has 0 atom stereocenters. The van der Waals surface area contributed by atoms with E-state index in [9.17, 15) is 4.79 Å². The van der Waals surface area contributed by atoms with E-state index in [2.05, 4.69) is 13.0 Å². The second-order valence-corrected chi connectivity index (χ2v) is 9.11. The number of unbranched alkanes of at least 4 members (excludes halogenated alkanes) is 3. The molecule has 154 valence electrons. The monoisotopic (exact) mass is 374 g/mol. The SMILES string of the molecule is CCCCCC1CCC(C2CCC(CCC/C=C/C=C/C(=O)O)CC2)CC1. The molecule has 0 amide bonds. The van der Waals surface area contributed by atoms with Crippen LogP contribution in [0.15, 0.2) is 24.3 Å². The van der Waals surface area contributed by atoms with Gasteiger partial charge in [0.15, 0.2) is 0 Å². The number of rotatable bonds is 11. The van der Waals surface area contributed by atoms with E-state index < -0.39 is 5.97 Å². The van der Waals surface area contributed by atoms with Gasteiger partial charge in [-0.3, -0.25) is 0 Å². The van der Waals surface area contributed by atoms with Crippen LogP contribution < -0.4 is 0 Å². The lowest BCUT2D eigenvalue weighted by atomic mass is 9.68. The molecule has 0 aromatic carbocycles. The van der Waals surface area contributed by atoms with Crippen molar-refractivity contribution < 1.29 is 9.90 Å². The van der Waals surface area contributed by atoms with Crippen LogP contribution in [0.2, 0.25) is 0 Å². The Kier molecular flexibility index (Phi) is 10.9. The number of hydrogen-bond acceptors (Lipinski definition) is 1. The highest BCUT2D eigenvalue weighted by atomic mass is 16.4. The van der Waals surface area contributed by atoms with Crippen LogP contribution in [-0.2, 0) is 4.79 Å². The van der Waals surface area contributed by atoms with Gasteiger partial charge in [0.25, 0.3) is 0 Å². The second-order valence-electron chi connectivity index (χ2n) is 9.11. The van der Waals surface area contributed by atoms with Crippen LogP contribution >= 0.6 is 0 Å². The van der Waals surface area contributed by atoms with E-state index in [4.69, 9.17) is 5.11 Å². The maximum atomic E-state index is 10.4. The average Bonchev–Trinajstić information content (AvgIpc) is 2.68. The molecule has 2 nitrogen and oxygen atoms in total. The lowest BCUT2D eigenvalue weighted by Gasteiger charge is -2.38. The van der Waals surface area contributed by atoms with E-state index in [1.807, 2.05) is 6.08 Å².